The van der Waals surface area contributed by atoms with Gasteiger partial charge in [0, 0.05) is 27.7 Å². The van der Waals surface area contributed by atoms with Gasteiger partial charge in [-0.1, -0.05) is 41.4 Å². The van der Waals surface area contributed by atoms with Gasteiger partial charge < -0.3 is 14.4 Å². The molecule has 0 N–H and O–H groups in total. The summed E-state index contributed by atoms with van der Waals surface area (Å²) >= 11 is 13.0. The number of aryl methyl sites for hydroxylation is 1. The Balaban J connectivity index is 1.96. The molecule has 0 fully saturated rings. The zero-order chi connectivity index (χ0) is 20.6. The number of aromatic nitrogens is 3. The third kappa shape index (κ3) is 3.67. The van der Waals surface area contributed by atoms with Crippen LogP contribution < -0.4 is 0 Å². The molecule has 6 nitrogen and oxygen atoms in total. The van der Waals surface area contributed by atoms with Crippen LogP contribution in [0, 0.1) is 6.92 Å². The third-order valence-corrected chi connectivity index (χ3v) is 5.49. The van der Waals surface area contributed by atoms with Crippen molar-refractivity contribution < 1.29 is 9.47 Å². The van der Waals surface area contributed by atoms with Gasteiger partial charge in [0.2, 0.25) is 5.79 Å². The van der Waals surface area contributed by atoms with Crippen LogP contribution >= 0.6 is 23.2 Å². The first-order valence-electron chi connectivity index (χ1n) is 9.31. The van der Waals surface area contributed by atoms with Crippen LogP contribution in [0.2, 0.25) is 10.0 Å². The summed E-state index contributed by atoms with van der Waals surface area (Å²) in [5.41, 5.74) is 2.34. The molecule has 2 aromatic carbocycles. The van der Waals surface area contributed by atoms with E-state index < -0.39 is 5.79 Å². The molecule has 29 heavy (non-hydrogen) atoms. The van der Waals surface area contributed by atoms with Crippen molar-refractivity contribution >= 4 is 23.2 Å². The molecule has 0 amide bonds. The lowest BCUT2D eigenvalue weighted by Gasteiger charge is -2.35. The standard InChI is InChI=1S/C21H22Cl2N4O2/c1-14-24-25-20-13-29-21(28-11-10-26(2)3,16-6-4-5-7-18(16)23)17-12-15(22)8-9-19(17)27(14)20/h4-9,12H,10-11,13H2,1-3H3. The van der Waals surface area contributed by atoms with Crippen molar-refractivity contribution in [1.29, 1.82) is 0 Å². The Morgan fingerprint density at radius 2 is 1.93 bits per heavy atom. The zero-order valence-corrected chi connectivity index (χ0v) is 18.0. The maximum Gasteiger partial charge on any atom is 0.226 e. The lowest BCUT2D eigenvalue weighted by Crippen LogP contribution is -2.37. The fourth-order valence-corrected chi connectivity index (χ4v) is 3.98. The van der Waals surface area contributed by atoms with Crippen molar-refractivity contribution in [3.8, 4) is 5.69 Å². The Labute approximate surface area is 180 Å². The molecule has 1 atom stereocenters. The van der Waals surface area contributed by atoms with E-state index in [-0.39, 0.29) is 6.61 Å². The molecule has 4 rings (SSSR count). The van der Waals surface area contributed by atoms with Crippen molar-refractivity contribution in [2.45, 2.75) is 19.3 Å². The summed E-state index contributed by atoms with van der Waals surface area (Å²) in [6, 6.07) is 13.2. The second-order valence-corrected chi connectivity index (χ2v) is 8.04. The van der Waals surface area contributed by atoms with E-state index in [1.54, 1.807) is 0 Å². The normalized spacial score (nSPS) is 18.4. The zero-order valence-electron chi connectivity index (χ0n) is 16.5. The van der Waals surface area contributed by atoms with Crippen molar-refractivity contribution in [2.24, 2.45) is 0 Å². The van der Waals surface area contributed by atoms with Crippen molar-refractivity contribution in [1.82, 2.24) is 19.7 Å². The molecule has 1 aliphatic rings. The summed E-state index contributed by atoms with van der Waals surface area (Å²) in [4.78, 5) is 2.05. The number of hydrogen-bond donors (Lipinski definition) is 0. The van der Waals surface area contributed by atoms with Crippen LogP contribution in [0.25, 0.3) is 5.69 Å². The summed E-state index contributed by atoms with van der Waals surface area (Å²) in [6.45, 7) is 3.27. The van der Waals surface area contributed by atoms with Crippen LogP contribution in [-0.2, 0) is 21.9 Å². The molecule has 0 saturated carbocycles. The first-order valence-corrected chi connectivity index (χ1v) is 10.1. The Hall–Kier alpha value is -1.96. The van der Waals surface area contributed by atoms with Gasteiger partial charge in [-0.15, -0.1) is 10.2 Å². The van der Waals surface area contributed by atoms with Gasteiger partial charge in [-0.05, 0) is 45.3 Å². The van der Waals surface area contributed by atoms with Gasteiger partial charge in [0.1, 0.15) is 12.4 Å². The van der Waals surface area contributed by atoms with E-state index in [2.05, 4.69) is 15.1 Å². The van der Waals surface area contributed by atoms with E-state index in [1.165, 1.54) is 0 Å². The molecule has 2 heterocycles. The molecule has 152 valence electrons. The molecule has 1 unspecified atom stereocenters. The number of halogens is 2. The number of likely N-dealkylation sites (N-methyl/N-ethyl adjacent to an activating group) is 1. The monoisotopic (exact) mass is 432 g/mol. The van der Waals surface area contributed by atoms with Crippen LogP contribution in [0.3, 0.4) is 0 Å². The van der Waals surface area contributed by atoms with Gasteiger partial charge in [-0.3, -0.25) is 4.57 Å². The van der Waals surface area contributed by atoms with Gasteiger partial charge in [0.15, 0.2) is 5.82 Å². The lowest BCUT2D eigenvalue weighted by atomic mass is 9.95. The SMILES string of the molecule is Cc1nnc2n1-c1ccc(Cl)cc1C(OCCN(C)C)(c1ccccc1Cl)OC2. The summed E-state index contributed by atoms with van der Waals surface area (Å²) in [5.74, 6) is 0.216. The van der Waals surface area contributed by atoms with Gasteiger partial charge >= 0.3 is 0 Å². The maximum atomic E-state index is 6.63. The molecule has 0 bridgehead atoms. The first-order chi connectivity index (χ1) is 13.9. The number of rotatable bonds is 5. The Morgan fingerprint density at radius 1 is 1.14 bits per heavy atom. The molecular formula is C21H22Cl2N4O2. The fourth-order valence-electron chi connectivity index (χ4n) is 3.54. The van der Waals surface area contributed by atoms with Gasteiger partial charge in [0.25, 0.3) is 0 Å². The average molecular weight is 433 g/mol. The molecule has 8 heteroatoms. The van der Waals surface area contributed by atoms with Crippen LogP contribution in [-0.4, -0.2) is 46.9 Å². The number of hydrogen-bond acceptors (Lipinski definition) is 5. The van der Waals surface area contributed by atoms with Crippen LogP contribution in [0.5, 0.6) is 0 Å². The van der Waals surface area contributed by atoms with Gasteiger partial charge in [0.05, 0.1) is 12.3 Å². The quantitative estimate of drug-likeness (QED) is 0.604. The largest absolute Gasteiger partial charge is 0.341 e. The Kier molecular flexibility index (Phi) is 5.64. The molecule has 1 aliphatic heterocycles. The van der Waals surface area contributed by atoms with E-state index in [0.29, 0.717) is 22.5 Å². The Bertz CT molecular complexity index is 1040. The van der Waals surface area contributed by atoms with Gasteiger partial charge in [-0.2, -0.15) is 0 Å². The van der Waals surface area contributed by atoms with Gasteiger partial charge in [-0.25, -0.2) is 0 Å². The van der Waals surface area contributed by atoms with E-state index in [9.17, 15) is 0 Å². The van der Waals surface area contributed by atoms with E-state index >= 15 is 0 Å². The first kappa shape index (κ1) is 20.3. The van der Waals surface area contributed by atoms with Crippen molar-refractivity contribution in [3.63, 3.8) is 0 Å². The van der Waals surface area contributed by atoms with Crippen LogP contribution in [0.1, 0.15) is 22.8 Å². The van der Waals surface area contributed by atoms with E-state index in [0.717, 1.165) is 29.2 Å². The molecule has 0 aliphatic carbocycles. The summed E-state index contributed by atoms with van der Waals surface area (Å²) in [5, 5.41) is 9.63. The van der Waals surface area contributed by atoms with E-state index in [1.807, 2.05) is 68.1 Å². The van der Waals surface area contributed by atoms with Crippen molar-refractivity contribution in [3.05, 3.63) is 75.3 Å². The molecule has 0 radical (unpaired) electrons. The predicted molar refractivity (Wildman–Crippen MR) is 113 cm³/mol. The van der Waals surface area contributed by atoms with Crippen molar-refractivity contribution in [2.75, 3.05) is 27.2 Å². The van der Waals surface area contributed by atoms with Crippen LogP contribution in [0.4, 0.5) is 0 Å². The molecule has 0 saturated heterocycles. The molecule has 3 aromatic rings. The highest BCUT2D eigenvalue weighted by Gasteiger charge is 2.43. The number of fused-ring (bicyclic) bond motifs is 3. The smallest absolute Gasteiger partial charge is 0.226 e. The maximum absolute atomic E-state index is 6.63. The molecule has 0 spiro atoms. The highest BCUT2D eigenvalue weighted by Crippen LogP contribution is 2.44. The second-order valence-electron chi connectivity index (χ2n) is 7.20. The second kappa shape index (κ2) is 8.05. The predicted octanol–water partition coefficient (Wildman–Crippen LogP) is 4.19. The summed E-state index contributed by atoms with van der Waals surface area (Å²) in [7, 11) is 3.99. The summed E-state index contributed by atoms with van der Waals surface area (Å²) in [6.07, 6.45) is 0. The van der Waals surface area contributed by atoms with Crippen LogP contribution in [0.15, 0.2) is 42.5 Å². The number of benzene rings is 2. The average Bonchev–Trinajstić information content (AvgIpc) is 2.99. The minimum atomic E-state index is -1.23. The minimum absolute atomic E-state index is 0.209. The molecule has 1 aromatic heterocycles. The topological polar surface area (TPSA) is 52.4 Å². The molecular weight excluding hydrogens is 411 g/mol. The minimum Gasteiger partial charge on any atom is -0.341 e. The number of nitrogens with zero attached hydrogens (tertiary/aromatic N) is 4. The lowest BCUT2D eigenvalue weighted by molar-refractivity contribution is -0.225. The van der Waals surface area contributed by atoms with E-state index in [4.69, 9.17) is 32.7 Å². The third-order valence-electron chi connectivity index (χ3n) is 4.92. The highest BCUT2D eigenvalue weighted by molar-refractivity contribution is 6.31. The fraction of sp³-hybridized carbons (Fsp3) is 0.333. The Morgan fingerprint density at radius 3 is 2.69 bits per heavy atom. The summed E-state index contributed by atoms with van der Waals surface area (Å²) < 4.78 is 14.9. The highest BCUT2D eigenvalue weighted by atomic mass is 35.5. The number of ether oxygens (including phenoxy) is 2.